The predicted molar refractivity (Wildman–Crippen MR) is 129 cm³/mol. The van der Waals surface area contributed by atoms with Gasteiger partial charge in [-0.25, -0.2) is 4.98 Å². The van der Waals surface area contributed by atoms with Crippen molar-refractivity contribution in [2.75, 3.05) is 13.1 Å². The van der Waals surface area contributed by atoms with Crippen molar-refractivity contribution in [3.8, 4) is 0 Å². The number of carbonyl (C=O) groups excluding carboxylic acids is 2. The molecule has 0 fully saturated rings. The van der Waals surface area contributed by atoms with Gasteiger partial charge in [-0.2, -0.15) is 0 Å². The summed E-state index contributed by atoms with van der Waals surface area (Å²) in [6, 6.07) is 7.71. The number of H-pyrrole nitrogens is 1. The van der Waals surface area contributed by atoms with E-state index in [4.69, 9.17) is 0 Å². The lowest BCUT2D eigenvalue weighted by Gasteiger charge is -2.14. The molecule has 0 aliphatic heterocycles. The number of para-hydroxylation sites is 2. The number of hydrogen-bond donors (Lipinski definition) is 3. The molecule has 8 nitrogen and oxygen atoms in total. The van der Waals surface area contributed by atoms with Crippen molar-refractivity contribution in [2.24, 2.45) is 11.8 Å². The number of carbonyl (C=O) groups is 2. The van der Waals surface area contributed by atoms with Gasteiger partial charge in [0.05, 0.1) is 11.0 Å². The van der Waals surface area contributed by atoms with Gasteiger partial charge in [-0.3, -0.25) is 14.4 Å². The summed E-state index contributed by atoms with van der Waals surface area (Å²) in [4.78, 5) is 46.2. The molecule has 1 aromatic carbocycles. The van der Waals surface area contributed by atoms with E-state index >= 15 is 0 Å². The van der Waals surface area contributed by atoms with Gasteiger partial charge in [0.25, 0.3) is 11.8 Å². The molecule has 0 atom stereocenters. The molecule has 0 bridgehead atoms. The molecule has 33 heavy (non-hydrogen) atoms. The van der Waals surface area contributed by atoms with Crippen LogP contribution < -0.4 is 16.1 Å². The lowest BCUT2D eigenvalue weighted by atomic mass is 10.1. The third-order valence-electron chi connectivity index (χ3n) is 5.24. The first-order valence-electron chi connectivity index (χ1n) is 11.5. The Kier molecular flexibility index (Phi) is 8.03. The van der Waals surface area contributed by atoms with E-state index in [1.54, 1.807) is 4.57 Å². The fraction of sp³-hybridized carbons (Fsp3) is 0.440. The number of imidazole rings is 1. The molecule has 3 N–H and O–H groups in total. The van der Waals surface area contributed by atoms with Gasteiger partial charge in [0.1, 0.15) is 17.0 Å². The molecule has 3 rings (SSSR count). The summed E-state index contributed by atoms with van der Waals surface area (Å²) in [5, 5.41) is 5.59. The second-order valence-corrected chi connectivity index (χ2v) is 9.15. The van der Waals surface area contributed by atoms with Crippen molar-refractivity contribution < 1.29 is 9.59 Å². The monoisotopic (exact) mass is 451 g/mol. The smallest absolute Gasteiger partial charge is 0.256 e. The molecule has 0 aliphatic carbocycles. The van der Waals surface area contributed by atoms with E-state index in [1.165, 1.54) is 12.4 Å². The van der Waals surface area contributed by atoms with Crippen LogP contribution in [0.3, 0.4) is 0 Å². The minimum atomic E-state index is -0.557. The fourth-order valence-corrected chi connectivity index (χ4v) is 3.57. The summed E-state index contributed by atoms with van der Waals surface area (Å²) in [6.45, 7) is 9.59. The van der Waals surface area contributed by atoms with E-state index < -0.39 is 17.2 Å². The zero-order chi connectivity index (χ0) is 24.0. The highest BCUT2D eigenvalue weighted by Gasteiger charge is 2.19. The molecule has 0 saturated carbocycles. The van der Waals surface area contributed by atoms with Crippen molar-refractivity contribution >= 4 is 22.8 Å². The maximum absolute atomic E-state index is 13.0. The summed E-state index contributed by atoms with van der Waals surface area (Å²) in [5.74, 6) is 0.535. The van der Waals surface area contributed by atoms with Gasteiger partial charge in [-0.1, -0.05) is 39.8 Å². The summed E-state index contributed by atoms with van der Waals surface area (Å²) >= 11 is 0. The molecular formula is C25H33N5O3. The van der Waals surface area contributed by atoms with Crippen LogP contribution in [0, 0.1) is 11.8 Å². The van der Waals surface area contributed by atoms with Crippen LogP contribution in [0.5, 0.6) is 0 Å². The number of benzene rings is 1. The van der Waals surface area contributed by atoms with Crippen LogP contribution in [-0.2, 0) is 13.0 Å². The molecule has 8 heteroatoms. The molecule has 2 aromatic heterocycles. The summed E-state index contributed by atoms with van der Waals surface area (Å²) in [6.07, 6.45) is 4.38. The molecule has 0 saturated heterocycles. The van der Waals surface area contributed by atoms with Crippen molar-refractivity contribution in [3.05, 3.63) is 63.8 Å². The van der Waals surface area contributed by atoms with Crippen LogP contribution in [0.4, 0.5) is 0 Å². The topological polar surface area (TPSA) is 109 Å². The Morgan fingerprint density at radius 2 is 1.61 bits per heavy atom. The van der Waals surface area contributed by atoms with Gasteiger partial charge in [0.15, 0.2) is 0 Å². The SMILES string of the molecule is CC(C)CCNC(=O)c1cn(CC(C)C)cc(C(=O)NCCc2nc3ccccc3[nH]2)c1=O. The minimum Gasteiger partial charge on any atom is -0.352 e. The summed E-state index contributed by atoms with van der Waals surface area (Å²) in [5.41, 5.74) is 1.21. The van der Waals surface area contributed by atoms with Gasteiger partial charge in [0, 0.05) is 38.4 Å². The van der Waals surface area contributed by atoms with E-state index in [0.29, 0.717) is 32.0 Å². The van der Waals surface area contributed by atoms with E-state index in [1.807, 2.05) is 38.1 Å². The third kappa shape index (κ3) is 6.54. The molecular weight excluding hydrogens is 418 g/mol. The van der Waals surface area contributed by atoms with Gasteiger partial charge in [0.2, 0.25) is 5.43 Å². The highest BCUT2D eigenvalue weighted by atomic mass is 16.2. The van der Waals surface area contributed by atoms with Gasteiger partial charge in [-0.15, -0.1) is 0 Å². The van der Waals surface area contributed by atoms with Crippen molar-refractivity contribution in [1.82, 2.24) is 25.2 Å². The van der Waals surface area contributed by atoms with Gasteiger partial charge < -0.3 is 20.2 Å². The number of amides is 2. The van der Waals surface area contributed by atoms with Gasteiger partial charge in [-0.05, 0) is 30.4 Å². The third-order valence-corrected chi connectivity index (χ3v) is 5.24. The Bertz CT molecular complexity index is 1140. The largest absolute Gasteiger partial charge is 0.352 e. The van der Waals surface area contributed by atoms with Crippen molar-refractivity contribution in [3.63, 3.8) is 0 Å². The van der Waals surface area contributed by atoms with Crippen molar-refractivity contribution in [1.29, 1.82) is 0 Å². The fourth-order valence-electron chi connectivity index (χ4n) is 3.57. The molecule has 2 heterocycles. The van der Waals surface area contributed by atoms with Crippen LogP contribution in [-0.4, -0.2) is 39.4 Å². The Morgan fingerprint density at radius 3 is 2.21 bits per heavy atom. The first-order valence-corrected chi connectivity index (χ1v) is 11.5. The molecule has 3 aromatic rings. The minimum absolute atomic E-state index is 0.00987. The highest BCUT2D eigenvalue weighted by Crippen LogP contribution is 2.10. The van der Waals surface area contributed by atoms with E-state index in [2.05, 4.69) is 34.4 Å². The summed E-state index contributed by atoms with van der Waals surface area (Å²) in [7, 11) is 0. The molecule has 2 amide bonds. The number of nitrogens with one attached hydrogen (secondary N) is 3. The normalized spacial score (nSPS) is 11.3. The molecule has 176 valence electrons. The second kappa shape index (κ2) is 10.9. The average molecular weight is 452 g/mol. The van der Waals surface area contributed by atoms with Crippen LogP contribution in [0.15, 0.2) is 41.5 Å². The van der Waals surface area contributed by atoms with Crippen molar-refractivity contribution in [2.45, 2.75) is 47.1 Å². The first-order chi connectivity index (χ1) is 15.7. The number of pyridine rings is 1. The number of aromatic nitrogens is 3. The predicted octanol–water partition coefficient (Wildman–Crippen LogP) is 3.13. The van der Waals surface area contributed by atoms with E-state index in [9.17, 15) is 14.4 Å². The lowest BCUT2D eigenvalue weighted by Crippen LogP contribution is -2.36. The quantitative estimate of drug-likeness (QED) is 0.440. The maximum Gasteiger partial charge on any atom is 0.256 e. The Hall–Kier alpha value is -3.42. The number of hydrogen-bond acceptors (Lipinski definition) is 4. The van der Waals surface area contributed by atoms with Crippen LogP contribution >= 0.6 is 0 Å². The van der Waals surface area contributed by atoms with E-state index in [0.717, 1.165) is 23.3 Å². The standard InChI is InChI=1S/C25H33N5O3/c1-16(2)9-11-26-24(32)18-14-30(13-17(3)4)15-19(23(18)31)25(33)27-12-10-22-28-20-7-5-6-8-21(20)29-22/h5-8,14-17H,9-13H2,1-4H3,(H,26,32)(H,27,33)(H,28,29). The molecule has 0 aliphatic rings. The van der Waals surface area contributed by atoms with Crippen LogP contribution in [0.25, 0.3) is 11.0 Å². The number of nitrogens with zero attached hydrogens (tertiary/aromatic N) is 2. The number of aromatic amines is 1. The first kappa shape index (κ1) is 24.2. The number of rotatable bonds is 10. The number of fused-ring (bicyclic) bond motifs is 1. The molecule has 0 unspecified atom stereocenters. The Morgan fingerprint density at radius 1 is 0.970 bits per heavy atom. The zero-order valence-corrected chi connectivity index (χ0v) is 19.8. The van der Waals surface area contributed by atoms with E-state index in [-0.39, 0.29) is 17.0 Å². The second-order valence-electron chi connectivity index (χ2n) is 9.15. The highest BCUT2D eigenvalue weighted by molar-refractivity contribution is 5.99. The van der Waals surface area contributed by atoms with Gasteiger partial charge >= 0.3 is 0 Å². The summed E-state index contributed by atoms with van der Waals surface area (Å²) < 4.78 is 1.75. The molecule has 0 spiro atoms. The van der Waals surface area contributed by atoms with Crippen LogP contribution in [0.1, 0.15) is 60.7 Å². The molecule has 0 radical (unpaired) electrons. The Labute approximate surface area is 193 Å². The maximum atomic E-state index is 13.0. The zero-order valence-electron chi connectivity index (χ0n) is 19.8. The average Bonchev–Trinajstić information content (AvgIpc) is 3.16. The van der Waals surface area contributed by atoms with Crippen LogP contribution in [0.2, 0.25) is 0 Å². The lowest BCUT2D eigenvalue weighted by molar-refractivity contribution is 0.0949. The Balaban J connectivity index is 1.74.